The minimum absolute atomic E-state index is 0.00403. The third kappa shape index (κ3) is 4.56. The molecule has 0 spiro atoms. The Morgan fingerprint density at radius 2 is 1.93 bits per heavy atom. The summed E-state index contributed by atoms with van der Waals surface area (Å²) in [6, 6.07) is 17.4. The zero-order valence-electron chi connectivity index (χ0n) is 16.3. The van der Waals surface area contributed by atoms with Gasteiger partial charge in [-0.2, -0.15) is 0 Å². The Kier molecular flexibility index (Phi) is 5.79. The molecule has 4 rings (SSSR count). The molecule has 152 valence electrons. The van der Waals surface area contributed by atoms with Gasteiger partial charge in [-0.25, -0.2) is 8.42 Å². The molecule has 2 aromatic rings. The van der Waals surface area contributed by atoms with Gasteiger partial charge in [0.2, 0.25) is 0 Å². The maximum Gasteiger partial charge on any atom is 0.164 e. The third-order valence-corrected chi connectivity index (χ3v) is 8.07. The summed E-state index contributed by atoms with van der Waals surface area (Å²) in [6.07, 6.45) is 2.02. The van der Waals surface area contributed by atoms with Crippen LogP contribution in [0.5, 0.6) is 0 Å². The molecule has 0 unspecified atom stereocenters. The number of aliphatic imine (C=N–C) groups is 1. The number of aryl methyl sites for hydroxylation is 1. The quantitative estimate of drug-likeness (QED) is 0.520. The van der Waals surface area contributed by atoms with Gasteiger partial charge in [0.05, 0.1) is 23.6 Å². The largest absolute Gasteiger partial charge is 0.315 e. The Labute approximate surface area is 176 Å². The highest BCUT2D eigenvalue weighted by Crippen LogP contribution is 2.35. The first kappa shape index (κ1) is 20.2. The van der Waals surface area contributed by atoms with Crippen LogP contribution in [0.15, 0.2) is 59.6 Å². The van der Waals surface area contributed by atoms with Crippen LogP contribution >= 0.6 is 11.8 Å². The van der Waals surface area contributed by atoms with Crippen LogP contribution in [0.1, 0.15) is 29.3 Å². The number of hydrogen-bond acceptors (Lipinski definition) is 6. The molecule has 0 aliphatic carbocycles. The fraction of sp³-hybridized carbons (Fsp3) is 0.364. The average molecular weight is 429 g/mol. The smallest absolute Gasteiger partial charge is 0.164 e. The third-order valence-electron chi connectivity index (χ3n) is 5.32. The molecule has 0 radical (unpaired) electrons. The number of sulfone groups is 1. The Morgan fingerprint density at radius 3 is 2.69 bits per heavy atom. The summed E-state index contributed by atoms with van der Waals surface area (Å²) in [4.78, 5) is 18.6. The highest BCUT2D eigenvalue weighted by atomic mass is 32.2. The van der Waals surface area contributed by atoms with Crippen molar-refractivity contribution in [2.24, 2.45) is 4.99 Å². The Morgan fingerprint density at radius 1 is 1.14 bits per heavy atom. The molecule has 1 saturated heterocycles. The van der Waals surface area contributed by atoms with E-state index in [0.717, 1.165) is 29.4 Å². The molecule has 7 heteroatoms. The highest BCUT2D eigenvalue weighted by molar-refractivity contribution is 8.14. The van der Waals surface area contributed by atoms with E-state index < -0.39 is 9.84 Å². The number of carbonyl (C=O) groups excluding carboxylic acids is 1. The van der Waals surface area contributed by atoms with Gasteiger partial charge in [0, 0.05) is 17.0 Å². The van der Waals surface area contributed by atoms with Crippen LogP contribution in [-0.2, 0) is 16.3 Å². The Balaban J connectivity index is 1.51. The lowest BCUT2D eigenvalue weighted by atomic mass is 10.1. The van der Waals surface area contributed by atoms with Gasteiger partial charge in [0.25, 0.3) is 0 Å². The number of carbonyl (C=O) groups is 1. The summed E-state index contributed by atoms with van der Waals surface area (Å²) < 4.78 is 24.3. The monoisotopic (exact) mass is 428 g/mol. The number of ketones is 1. The van der Waals surface area contributed by atoms with Crippen molar-refractivity contribution in [3.63, 3.8) is 0 Å². The molecule has 1 fully saturated rings. The number of rotatable bonds is 6. The standard InChI is InChI=1S/C22H24N2O3S2/c1-16(25)18-10-5-11-19(13-18)24-21-15-29(26,27)14-20(21)23-22(24)28-12-6-9-17-7-3-2-4-8-17/h2-5,7-8,10-11,13,20-21H,6,9,12,14-15H2,1H3/t20-,21+/m0/s1. The van der Waals surface area contributed by atoms with Crippen molar-refractivity contribution in [1.29, 1.82) is 0 Å². The molecule has 0 aromatic heterocycles. The topological polar surface area (TPSA) is 66.8 Å². The molecule has 0 saturated carbocycles. The van der Waals surface area contributed by atoms with E-state index in [9.17, 15) is 13.2 Å². The van der Waals surface area contributed by atoms with E-state index in [1.807, 2.05) is 29.2 Å². The molecular weight excluding hydrogens is 404 g/mol. The second kappa shape index (κ2) is 8.32. The summed E-state index contributed by atoms with van der Waals surface area (Å²) in [6.45, 7) is 1.54. The number of benzene rings is 2. The van der Waals surface area contributed by atoms with Crippen LogP contribution in [0.2, 0.25) is 0 Å². The number of hydrogen-bond donors (Lipinski definition) is 0. The van der Waals surface area contributed by atoms with E-state index in [1.54, 1.807) is 24.8 Å². The van der Waals surface area contributed by atoms with Crippen LogP contribution < -0.4 is 4.90 Å². The number of amidine groups is 1. The van der Waals surface area contributed by atoms with Gasteiger partial charge in [-0.1, -0.05) is 54.2 Å². The number of fused-ring (bicyclic) bond motifs is 1. The van der Waals surface area contributed by atoms with E-state index in [-0.39, 0.29) is 29.4 Å². The second-order valence-electron chi connectivity index (χ2n) is 7.54. The van der Waals surface area contributed by atoms with Crippen LogP contribution in [0.3, 0.4) is 0 Å². The van der Waals surface area contributed by atoms with Crippen molar-refractivity contribution in [3.8, 4) is 0 Å². The molecule has 2 aromatic carbocycles. The van der Waals surface area contributed by atoms with Crippen LogP contribution in [0.4, 0.5) is 5.69 Å². The van der Waals surface area contributed by atoms with Gasteiger partial charge in [0.1, 0.15) is 0 Å². The first-order valence-corrected chi connectivity index (χ1v) is 12.6. The lowest BCUT2D eigenvalue weighted by Gasteiger charge is -2.26. The maximum absolute atomic E-state index is 12.2. The Hall–Kier alpha value is -2.12. The van der Waals surface area contributed by atoms with Gasteiger partial charge < -0.3 is 4.90 Å². The first-order valence-electron chi connectivity index (χ1n) is 9.78. The van der Waals surface area contributed by atoms with E-state index in [0.29, 0.717) is 5.56 Å². The molecule has 0 amide bonds. The summed E-state index contributed by atoms with van der Waals surface area (Å²) in [5.74, 6) is 1.12. The van der Waals surface area contributed by atoms with E-state index in [4.69, 9.17) is 4.99 Å². The zero-order valence-corrected chi connectivity index (χ0v) is 18.0. The number of Topliss-reactive ketones (excluding diaryl/α,β-unsaturated/α-hetero) is 1. The molecule has 2 aliphatic rings. The van der Waals surface area contributed by atoms with E-state index in [1.165, 1.54) is 5.56 Å². The molecule has 2 heterocycles. The Bertz CT molecular complexity index is 1040. The van der Waals surface area contributed by atoms with Gasteiger partial charge in [-0.3, -0.25) is 9.79 Å². The van der Waals surface area contributed by atoms with Crippen molar-refractivity contribution < 1.29 is 13.2 Å². The van der Waals surface area contributed by atoms with Gasteiger partial charge in [-0.15, -0.1) is 0 Å². The van der Waals surface area contributed by atoms with Gasteiger partial charge in [0.15, 0.2) is 20.8 Å². The lowest BCUT2D eigenvalue weighted by Crippen LogP contribution is -2.39. The van der Waals surface area contributed by atoms with Crippen molar-refractivity contribution >= 4 is 38.2 Å². The SMILES string of the molecule is CC(=O)c1cccc(N2C(SCCCc3ccccc3)=N[C@H]3CS(=O)(=O)C[C@H]32)c1. The minimum Gasteiger partial charge on any atom is -0.315 e. The molecule has 0 N–H and O–H groups in total. The molecule has 29 heavy (non-hydrogen) atoms. The van der Waals surface area contributed by atoms with Crippen LogP contribution in [-0.4, -0.2) is 48.7 Å². The van der Waals surface area contributed by atoms with Crippen molar-refractivity contribution in [2.75, 3.05) is 22.2 Å². The second-order valence-corrected chi connectivity index (χ2v) is 10.8. The molecule has 2 atom stereocenters. The first-order chi connectivity index (χ1) is 13.9. The fourth-order valence-corrected chi connectivity index (χ4v) is 6.80. The summed E-state index contributed by atoms with van der Waals surface area (Å²) in [5.41, 5.74) is 2.78. The van der Waals surface area contributed by atoms with Gasteiger partial charge >= 0.3 is 0 Å². The minimum atomic E-state index is -3.08. The van der Waals surface area contributed by atoms with Crippen LogP contribution in [0, 0.1) is 0 Å². The predicted octanol–water partition coefficient (Wildman–Crippen LogP) is 3.60. The molecule has 2 aliphatic heterocycles. The summed E-state index contributed by atoms with van der Waals surface area (Å²) >= 11 is 1.67. The molecule has 5 nitrogen and oxygen atoms in total. The zero-order chi connectivity index (χ0) is 20.4. The highest BCUT2D eigenvalue weighted by Gasteiger charge is 2.47. The molecular formula is C22H24N2O3S2. The number of thioether (sulfide) groups is 1. The maximum atomic E-state index is 12.2. The van der Waals surface area contributed by atoms with E-state index in [2.05, 4.69) is 24.3 Å². The van der Waals surface area contributed by atoms with Crippen molar-refractivity contribution in [2.45, 2.75) is 31.8 Å². The number of anilines is 1. The normalized spacial score (nSPS) is 22.4. The average Bonchev–Trinajstić information content (AvgIpc) is 3.17. The van der Waals surface area contributed by atoms with E-state index >= 15 is 0 Å². The van der Waals surface area contributed by atoms with Crippen molar-refractivity contribution in [1.82, 2.24) is 0 Å². The fourth-order valence-electron chi connectivity index (χ4n) is 3.89. The molecule has 0 bridgehead atoms. The summed E-state index contributed by atoms with van der Waals surface area (Å²) in [5, 5.41) is 0.865. The lowest BCUT2D eigenvalue weighted by molar-refractivity contribution is 0.101. The summed E-state index contributed by atoms with van der Waals surface area (Å²) in [7, 11) is -3.08. The number of nitrogens with zero attached hydrogens (tertiary/aromatic N) is 2. The van der Waals surface area contributed by atoms with Crippen LogP contribution in [0.25, 0.3) is 0 Å². The predicted molar refractivity (Wildman–Crippen MR) is 120 cm³/mol. The van der Waals surface area contributed by atoms with Crippen molar-refractivity contribution in [3.05, 3.63) is 65.7 Å². The van der Waals surface area contributed by atoms with Gasteiger partial charge in [-0.05, 0) is 37.5 Å².